The van der Waals surface area contributed by atoms with Crippen LogP contribution in [-0.2, 0) is 12.6 Å². The van der Waals surface area contributed by atoms with Crippen molar-refractivity contribution in [1.29, 1.82) is 0 Å². The molecule has 0 radical (unpaired) electrons. The molecule has 0 aliphatic heterocycles. The quantitative estimate of drug-likeness (QED) is 0.759. The number of carbonyl (C=O) groups excluding carboxylic acids is 1. The molecule has 0 bridgehead atoms. The number of benzene rings is 2. The lowest BCUT2D eigenvalue weighted by atomic mass is 10.00. The van der Waals surface area contributed by atoms with E-state index in [1.54, 1.807) is 0 Å². The number of ketones is 1. The monoisotopic (exact) mass is 308 g/mol. The van der Waals surface area contributed by atoms with Gasteiger partial charge in [-0.05, 0) is 30.2 Å². The van der Waals surface area contributed by atoms with Crippen LogP contribution in [0.4, 0.5) is 13.2 Å². The molecule has 0 saturated heterocycles. The average Bonchev–Trinajstić information content (AvgIpc) is 2.52. The van der Waals surface area contributed by atoms with Crippen LogP contribution in [-0.4, -0.2) is 12.9 Å². The normalized spacial score (nSPS) is 11.3. The Kier molecular flexibility index (Phi) is 4.85. The van der Waals surface area contributed by atoms with Gasteiger partial charge in [0.15, 0.2) is 5.78 Å². The second kappa shape index (κ2) is 6.64. The van der Waals surface area contributed by atoms with E-state index < -0.39 is 11.7 Å². The lowest BCUT2D eigenvalue weighted by Gasteiger charge is -2.12. The van der Waals surface area contributed by atoms with Crippen molar-refractivity contribution in [2.24, 2.45) is 0 Å². The van der Waals surface area contributed by atoms with E-state index >= 15 is 0 Å². The van der Waals surface area contributed by atoms with Gasteiger partial charge in [-0.3, -0.25) is 4.79 Å². The van der Waals surface area contributed by atoms with Crippen LogP contribution < -0.4 is 4.74 Å². The van der Waals surface area contributed by atoms with E-state index in [2.05, 4.69) is 0 Å². The highest BCUT2D eigenvalue weighted by Crippen LogP contribution is 2.33. The highest BCUT2D eigenvalue weighted by molar-refractivity contribution is 5.99. The predicted molar refractivity (Wildman–Crippen MR) is 77.1 cm³/mol. The number of Topliss-reactive ketones (excluding diaryl/α,β-unsaturated/α-hetero) is 1. The molecule has 5 heteroatoms. The molecule has 2 nitrogen and oxygen atoms in total. The molecule has 0 aliphatic rings. The van der Waals surface area contributed by atoms with Crippen molar-refractivity contribution in [2.45, 2.75) is 19.0 Å². The summed E-state index contributed by atoms with van der Waals surface area (Å²) in [5.41, 5.74) is 0.0754. The first-order valence-electron chi connectivity index (χ1n) is 6.74. The number of alkyl halides is 3. The van der Waals surface area contributed by atoms with Gasteiger partial charge in [0.25, 0.3) is 0 Å². The zero-order chi connectivity index (χ0) is 16.2. The van der Waals surface area contributed by atoms with Gasteiger partial charge in [0.1, 0.15) is 5.75 Å². The van der Waals surface area contributed by atoms with Crippen LogP contribution in [0.1, 0.15) is 27.9 Å². The minimum absolute atomic E-state index is 0.0340. The highest BCUT2D eigenvalue weighted by Gasteiger charge is 2.31. The van der Waals surface area contributed by atoms with Crippen LogP contribution in [0.3, 0.4) is 0 Å². The molecule has 0 atom stereocenters. The van der Waals surface area contributed by atoms with Crippen molar-refractivity contribution in [2.75, 3.05) is 7.11 Å². The first kappa shape index (κ1) is 16.1. The summed E-state index contributed by atoms with van der Waals surface area (Å²) < 4.78 is 43.3. The fraction of sp³-hybridized carbons (Fsp3) is 0.235. The van der Waals surface area contributed by atoms with Crippen molar-refractivity contribution >= 4 is 5.78 Å². The molecule has 0 saturated carbocycles. The summed E-state index contributed by atoms with van der Waals surface area (Å²) in [6, 6.07) is 12.3. The van der Waals surface area contributed by atoms with Crippen LogP contribution in [0.25, 0.3) is 0 Å². The summed E-state index contributed by atoms with van der Waals surface area (Å²) in [4.78, 5) is 12.2. The second-order valence-electron chi connectivity index (χ2n) is 4.82. The minimum atomic E-state index is -4.49. The molecule has 116 valence electrons. The Morgan fingerprint density at radius 1 is 1.09 bits per heavy atom. The summed E-state index contributed by atoms with van der Waals surface area (Å²) in [6.07, 6.45) is -3.89. The van der Waals surface area contributed by atoms with Crippen molar-refractivity contribution in [3.8, 4) is 5.75 Å². The topological polar surface area (TPSA) is 26.3 Å². The summed E-state index contributed by atoms with van der Waals surface area (Å²) in [7, 11) is 1.33. The average molecular weight is 308 g/mol. The number of hydrogen-bond acceptors (Lipinski definition) is 2. The van der Waals surface area contributed by atoms with Crippen LogP contribution in [0.5, 0.6) is 5.75 Å². The maximum Gasteiger partial charge on any atom is 0.416 e. The van der Waals surface area contributed by atoms with Gasteiger partial charge >= 0.3 is 6.18 Å². The molecule has 2 aromatic carbocycles. The molecule has 0 fully saturated rings. The smallest absolute Gasteiger partial charge is 0.416 e. The van der Waals surface area contributed by atoms with Crippen LogP contribution >= 0.6 is 0 Å². The molecule has 0 amide bonds. The molecule has 0 spiro atoms. The molecule has 0 N–H and O–H groups in total. The number of methoxy groups -OCH3 is 1. The van der Waals surface area contributed by atoms with Gasteiger partial charge in [-0.15, -0.1) is 0 Å². The van der Waals surface area contributed by atoms with Crippen LogP contribution in [0.2, 0.25) is 0 Å². The van der Waals surface area contributed by atoms with E-state index in [9.17, 15) is 18.0 Å². The van der Waals surface area contributed by atoms with Gasteiger partial charge in [0, 0.05) is 6.42 Å². The third-order valence-electron chi connectivity index (χ3n) is 3.31. The van der Waals surface area contributed by atoms with E-state index in [1.807, 2.05) is 30.3 Å². The maximum absolute atomic E-state index is 12.8. The number of ether oxygens (including phenoxy) is 1. The first-order valence-corrected chi connectivity index (χ1v) is 6.74. The highest BCUT2D eigenvalue weighted by atomic mass is 19.4. The molecular formula is C17H15F3O2. The van der Waals surface area contributed by atoms with Crippen molar-refractivity contribution < 1.29 is 22.7 Å². The largest absolute Gasteiger partial charge is 0.496 e. The molecule has 2 rings (SSSR count). The van der Waals surface area contributed by atoms with Gasteiger partial charge in [0.05, 0.1) is 18.2 Å². The fourth-order valence-electron chi connectivity index (χ4n) is 2.14. The van der Waals surface area contributed by atoms with Gasteiger partial charge in [-0.25, -0.2) is 0 Å². The minimum Gasteiger partial charge on any atom is -0.496 e. The zero-order valence-corrected chi connectivity index (χ0v) is 12.0. The molecule has 0 heterocycles. The summed E-state index contributed by atoms with van der Waals surface area (Å²) in [5, 5.41) is 0. The van der Waals surface area contributed by atoms with Crippen LogP contribution in [0.15, 0.2) is 48.5 Å². The van der Waals surface area contributed by atoms with E-state index in [-0.39, 0.29) is 23.5 Å². The SMILES string of the molecule is COc1ccc(C(F)(F)F)cc1C(=O)CCc1ccccc1. The summed E-state index contributed by atoms with van der Waals surface area (Å²) in [5.74, 6) is -0.210. The molecule has 2 aromatic rings. The lowest BCUT2D eigenvalue weighted by molar-refractivity contribution is -0.137. The molecule has 22 heavy (non-hydrogen) atoms. The number of rotatable bonds is 5. The predicted octanol–water partition coefficient (Wildman–Crippen LogP) is 4.53. The molecule has 0 aliphatic carbocycles. The lowest BCUT2D eigenvalue weighted by Crippen LogP contribution is -2.09. The van der Waals surface area contributed by atoms with Crippen molar-refractivity contribution in [3.63, 3.8) is 0 Å². The summed E-state index contributed by atoms with van der Waals surface area (Å²) >= 11 is 0. The van der Waals surface area contributed by atoms with E-state index in [0.29, 0.717) is 6.42 Å². The number of halogens is 3. The van der Waals surface area contributed by atoms with E-state index in [1.165, 1.54) is 13.2 Å². The third kappa shape index (κ3) is 3.87. The third-order valence-corrected chi connectivity index (χ3v) is 3.31. The fourth-order valence-corrected chi connectivity index (χ4v) is 2.14. The second-order valence-corrected chi connectivity index (χ2v) is 4.82. The van der Waals surface area contributed by atoms with Crippen molar-refractivity contribution in [1.82, 2.24) is 0 Å². The molecular weight excluding hydrogens is 293 g/mol. The Labute approximate surface area is 126 Å². The van der Waals surface area contributed by atoms with E-state index in [4.69, 9.17) is 4.74 Å². The van der Waals surface area contributed by atoms with Gasteiger partial charge < -0.3 is 4.74 Å². The summed E-state index contributed by atoms with van der Waals surface area (Å²) in [6.45, 7) is 0. The van der Waals surface area contributed by atoms with E-state index in [0.717, 1.165) is 17.7 Å². The molecule has 0 aromatic heterocycles. The van der Waals surface area contributed by atoms with Crippen molar-refractivity contribution in [3.05, 3.63) is 65.2 Å². The van der Waals surface area contributed by atoms with Crippen LogP contribution in [0, 0.1) is 0 Å². The number of aryl methyl sites for hydroxylation is 1. The maximum atomic E-state index is 12.8. The zero-order valence-electron chi connectivity index (χ0n) is 12.0. The van der Waals surface area contributed by atoms with Gasteiger partial charge in [-0.1, -0.05) is 30.3 Å². The Balaban J connectivity index is 2.20. The van der Waals surface area contributed by atoms with Gasteiger partial charge in [-0.2, -0.15) is 13.2 Å². The standard InChI is InChI=1S/C17H15F3O2/c1-22-16-10-8-13(17(18,19)20)11-14(16)15(21)9-7-12-5-3-2-4-6-12/h2-6,8,10-11H,7,9H2,1H3. The Bertz CT molecular complexity index is 649. The number of hydrogen-bond donors (Lipinski definition) is 0. The Morgan fingerprint density at radius 2 is 1.77 bits per heavy atom. The number of carbonyl (C=O) groups is 1. The Morgan fingerprint density at radius 3 is 2.36 bits per heavy atom. The first-order chi connectivity index (χ1) is 10.4. The molecule has 0 unspecified atom stereocenters. The van der Waals surface area contributed by atoms with Gasteiger partial charge in [0.2, 0.25) is 0 Å². The Hall–Kier alpha value is -2.30.